The number of aliphatic carboxylic acids is 1. The molecule has 8 heteroatoms. The van der Waals surface area contributed by atoms with E-state index in [-0.39, 0.29) is 6.42 Å². The topological polar surface area (TPSA) is 137 Å². The van der Waals surface area contributed by atoms with Crippen LogP contribution in [0.1, 0.15) is 11.1 Å². The molecule has 156 valence electrons. The summed E-state index contributed by atoms with van der Waals surface area (Å²) in [7, 11) is 0. The lowest BCUT2D eigenvalue weighted by atomic mass is 10.0. The lowest BCUT2D eigenvalue weighted by Crippen LogP contribution is -2.53. The molecule has 0 spiro atoms. The van der Waals surface area contributed by atoms with Crippen molar-refractivity contribution in [2.24, 2.45) is 5.73 Å². The average Bonchev–Trinajstić information content (AvgIpc) is 3.15. The minimum atomic E-state index is -1.17. The maximum atomic E-state index is 12.7. The Bertz CT molecular complexity index is 1030. The first kappa shape index (κ1) is 21.1. The van der Waals surface area contributed by atoms with Crippen molar-refractivity contribution in [3.05, 3.63) is 71.9 Å². The van der Waals surface area contributed by atoms with E-state index in [0.717, 1.165) is 22.0 Å². The SMILES string of the molecule is NC(Cc1ccccc1)C(=O)NC(Cc1c[nH]c2ccccc12)C(=O)NCC(=O)O. The van der Waals surface area contributed by atoms with Crippen molar-refractivity contribution in [1.29, 1.82) is 0 Å². The Labute approximate surface area is 173 Å². The molecule has 0 aliphatic heterocycles. The summed E-state index contributed by atoms with van der Waals surface area (Å²) in [6.07, 6.45) is 2.29. The molecule has 3 aromatic rings. The molecule has 0 bridgehead atoms. The number of para-hydroxylation sites is 1. The highest BCUT2D eigenvalue weighted by Crippen LogP contribution is 2.19. The van der Waals surface area contributed by atoms with E-state index in [1.54, 1.807) is 6.20 Å². The monoisotopic (exact) mass is 408 g/mol. The normalized spacial score (nSPS) is 12.8. The summed E-state index contributed by atoms with van der Waals surface area (Å²) < 4.78 is 0. The van der Waals surface area contributed by atoms with E-state index in [2.05, 4.69) is 15.6 Å². The molecule has 30 heavy (non-hydrogen) atoms. The second-order valence-corrected chi connectivity index (χ2v) is 7.03. The van der Waals surface area contributed by atoms with Crippen LogP contribution < -0.4 is 16.4 Å². The molecule has 0 aliphatic rings. The maximum Gasteiger partial charge on any atom is 0.322 e. The highest BCUT2D eigenvalue weighted by Gasteiger charge is 2.25. The van der Waals surface area contributed by atoms with Crippen LogP contribution in [0.25, 0.3) is 10.9 Å². The van der Waals surface area contributed by atoms with Gasteiger partial charge in [0.05, 0.1) is 6.04 Å². The summed E-state index contributed by atoms with van der Waals surface area (Å²) in [6.45, 7) is -0.533. The molecular weight excluding hydrogens is 384 g/mol. The predicted molar refractivity (Wildman–Crippen MR) is 113 cm³/mol. The van der Waals surface area contributed by atoms with Crippen LogP contribution in [0.3, 0.4) is 0 Å². The van der Waals surface area contributed by atoms with Gasteiger partial charge in [0, 0.05) is 23.5 Å². The number of aromatic nitrogens is 1. The largest absolute Gasteiger partial charge is 0.480 e. The van der Waals surface area contributed by atoms with Gasteiger partial charge in [-0.25, -0.2) is 0 Å². The molecule has 2 amide bonds. The molecule has 0 radical (unpaired) electrons. The van der Waals surface area contributed by atoms with E-state index in [9.17, 15) is 14.4 Å². The lowest BCUT2D eigenvalue weighted by molar-refractivity contribution is -0.138. The van der Waals surface area contributed by atoms with Crippen LogP contribution in [0, 0.1) is 0 Å². The zero-order chi connectivity index (χ0) is 21.5. The number of benzene rings is 2. The van der Waals surface area contributed by atoms with Gasteiger partial charge < -0.3 is 26.5 Å². The van der Waals surface area contributed by atoms with Crippen molar-refractivity contribution in [3.63, 3.8) is 0 Å². The number of nitrogens with two attached hydrogens (primary N) is 1. The number of carbonyl (C=O) groups is 3. The van der Waals surface area contributed by atoms with Gasteiger partial charge in [0.1, 0.15) is 12.6 Å². The van der Waals surface area contributed by atoms with E-state index >= 15 is 0 Å². The van der Waals surface area contributed by atoms with Crippen molar-refractivity contribution >= 4 is 28.7 Å². The molecular formula is C22H24N4O4. The molecule has 0 aliphatic carbocycles. The molecule has 6 N–H and O–H groups in total. The fraction of sp³-hybridized carbons (Fsp3) is 0.227. The van der Waals surface area contributed by atoms with E-state index in [1.165, 1.54) is 0 Å². The minimum absolute atomic E-state index is 0.194. The summed E-state index contributed by atoms with van der Waals surface area (Å²) in [5.74, 6) is -2.22. The van der Waals surface area contributed by atoms with Gasteiger partial charge in [-0.3, -0.25) is 14.4 Å². The van der Waals surface area contributed by atoms with Crippen molar-refractivity contribution in [3.8, 4) is 0 Å². The molecule has 0 saturated heterocycles. The second-order valence-electron chi connectivity index (χ2n) is 7.03. The van der Waals surface area contributed by atoms with Crippen molar-refractivity contribution in [2.75, 3.05) is 6.54 Å². The first-order chi connectivity index (χ1) is 14.4. The van der Waals surface area contributed by atoms with Gasteiger partial charge in [-0.15, -0.1) is 0 Å². The third kappa shape index (κ3) is 5.45. The van der Waals surface area contributed by atoms with Crippen LogP contribution in [0.5, 0.6) is 0 Å². The fourth-order valence-electron chi connectivity index (χ4n) is 3.26. The highest BCUT2D eigenvalue weighted by atomic mass is 16.4. The number of carbonyl (C=O) groups excluding carboxylic acids is 2. The van der Waals surface area contributed by atoms with Crippen molar-refractivity contribution in [2.45, 2.75) is 24.9 Å². The summed E-state index contributed by atoms with van der Waals surface area (Å²) >= 11 is 0. The Morgan fingerprint density at radius 1 is 0.967 bits per heavy atom. The van der Waals surface area contributed by atoms with Gasteiger partial charge in [-0.2, -0.15) is 0 Å². The third-order valence-electron chi connectivity index (χ3n) is 4.78. The molecule has 3 rings (SSSR count). The van der Waals surface area contributed by atoms with Gasteiger partial charge in [-0.1, -0.05) is 48.5 Å². The number of hydrogen-bond acceptors (Lipinski definition) is 4. The Hall–Kier alpha value is -3.65. The number of carboxylic acid groups (broad SMARTS) is 1. The van der Waals surface area contributed by atoms with Crippen molar-refractivity contribution < 1.29 is 19.5 Å². The molecule has 0 saturated carbocycles. The average molecular weight is 408 g/mol. The molecule has 1 aromatic heterocycles. The first-order valence-corrected chi connectivity index (χ1v) is 9.58. The van der Waals surface area contributed by atoms with Crippen LogP contribution in [0.2, 0.25) is 0 Å². The van der Waals surface area contributed by atoms with Gasteiger partial charge in [0.2, 0.25) is 11.8 Å². The summed E-state index contributed by atoms with van der Waals surface area (Å²) in [5.41, 5.74) is 8.68. The van der Waals surface area contributed by atoms with Crippen LogP contribution in [0.15, 0.2) is 60.8 Å². The summed E-state index contributed by atoms with van der Waals surface area (Å²) in [6, 6.07) is 15.1. The van der Waals surface area contributed by atoms with Crippen LogP contribution >= 0.6 is 0 Å². The van der Waals surface area contributed by atoms with Crippen LogP contribution in [-0.4, -0.2) is 46.5 Å². The third-order valence-corrected chi connectivity index (χ3v) is 4.78. The Morgan fingerprint density at radius 2 is 1.67 bits per heavy atom. The van der Waals surface area contributed by atoms with Crippen molar-refractivity contribution in [1.82, 2.24) is 15.6 Å². The molecule has 2 unspecified atom stereocenters. The zero-order valence-electron chi connectivity index (χ0n) is 16.3. The molecule has 8 nitrogen and oxygen atoms in total. The summed E-state index contributed by atoms with van der Waals surface area (Å²) in [4.78, 5) is 39.2. The highest BCUT2D eigenvalue weighted by molar-refractivity contribution is 5.92. The Balaban J connectivity index is 1.74. The van der Waals surface area contributed by atoms with Crippen LogP contribution in [-0.2, 0) is 27.2 Å². The van der Waals surface area contributed by atoms with E-state index < -0.39 is 36.4 Å². The molecule has 0 fully saturated rings. The molecule has 2 atom stereocenters. The fourth-order valence-corrected chi connectivity index (χ4v) is 3.26. The Morgan fingerprint density at radius 3 is 2.40 bits per heavy atom. The van der Waals surface area contributed by atoms with E-state index in [4.69, 9.17) is 10.8 Å². The smallest absolute Gasteiger partial charge is 0.322 e. The number of fused-ring (bicyclic) bond motifs is 1. The lowest BCUT2D eigenvalue weighted by Gasteiger charge is -2.20. The standard InChI is InChI=1S/C22H24N4O4/c23-17(10-14-6-2-1-3-7-14)21(29)26-19(22(30)25-13-20(27)28)11-15-12-24-18-9-5-4-8-16(15)18/h1-9,12,17,19,24H,10-11,13,23H2,(H,25,30)(H,26,29)(H,27,28). The van der Waals surface area contributed by atoms with Gasteiger partial charge >= 0.3 is 5.97 Å². The molecule has 1 heterocycles. The van der Waals surface area contributed by atoms with Crippen LogP contribution in [0.4, 0.5) is 0 Å². The minimum Gasteiger partial charge on any atom is -0.480 e. The number of rotatable bonds is 9. The van der Waals surface area contributed by atoms with Gasteiger partial charge in [0.15, 0.2) is 0 Å². The molecule has 2 aromatic carbocycles. The number of carboxylic acids is 1. The van der Waals surface area contributed by atoms with E-state index in [1.807, 2.05) is 54.6 Å². The van der Waals surface area contributed by atoms with E-state index in [0.29, 0.717) is 6.42 Å². The second kappa shape index (κ2) is 9.71. The number of H-pyrrole nitrogens is 1. The first-order valence-electron chi connectivity index (χ1n) is 9.58. The summed E-state index contributed by atoms with van der Waals surface area (Å²) in [5, 5.41) is 14.8. The van der Waals surface area contributed by atoms with Gasteiger partial charge in [0.25, 0.3) is 0 Å². The number of nitrogens with one attached hydrogen (secondary N) is 3. The number of aromatic amines is 1. The van der Waals surface area contributed by atoms with Gasteiger partial charge in [-0.05, 0) is 23.6 Å². The maximum absolute atomic E-state index is 12.7. The Kier molecular flexibility index (Phi) is 6.82. The number of hydrogen-bond donors (Lipinski definition) is 5. The zero-order valence-corrected chi connectivity index (χ0v) is 16.3. The number of amides is 2. The predicted octanol–water partition coefficient (Wildman–Crippen LogP) is 0.966. The quantitative estimate of drug-likeness (QED) is 0.359.